The van der Waals surface area contributed by atoms with Crippen molar-refractivity contribution in [2.75, 3.05) is 5.32 Å². The molecular weight excluding hydrogens is 260 g/mol. The number of fused-ring (bicyclic) bond motifs is 1. The molecule has 108 valence electrons. The molecule has 3 rings (SSSR count). The summed E-state index contributed by atoms with van der Waals surface area (Å²) in [5, 5.41) is 3.38. The van der Waals surface area contributed by atoms with Crippen LogP contribution in [0, 0.1) is 0 Å². The molecule has 0 aliphatic rings. The molecule has 3 aromatic rings. The molecule has 1 aromatic carbocycles. The van der Waals surface area contributed by atoms with Crippen molar-refractivity contribution in [2.45, 2.75) is 32.9 Å². The maximum atomic E-state index is 4.54. The van der Waals surface area contributed by atoms with E-state index in [4.69, 9.17) is 0 Å². The number of rotatable bonds is 3. The topological polar surface area (TPSA) is 42.7 Å². The zero-order chi connectivity index (χ0) is 14.9. The summed E-state index contributed by atoms with van der Waals surface area (Å²) in [6, 6.07) is 12.3. The van der Waals surface area contributed by atoms with Gasteiger partial charge in [0, 0.05) is 18.3 Å². The summed E-state index contributed by atoms with van der Waals surface area (Å²) < 4.78 is 2.18. The number of imidazole rings is 1. The summed E-state index contributed by atoms with van der Waals surface area (Å²) in [5.41, 5.74) is 3.26. The fraction of sp³-hybridized carbons (Fsp3) is 0.294. The number of benzene rings is 1. The summed E-state index contributed by atoms with van der Waals surface area (Å²) in [5.74, 6) is 0.833. The van der Waals surface area contributed by atoms with E-state index in [0.717, 1.165) is 23.4 Å². The summed E-state index contributed by atoms with van der Waals surface area (Å²) in [6.45, 7) is 7.26. The Morgan fingerprint density at radius 3 is 2.52 bits per heavy atom. The molecule has 2 aromatic heterocycles. The van der Waals surface area contributed by atoms with Crippen LogP contribution in [-0.4, -0.2) is 14.5 Å². The monoisotopic (exact) mass is 280 g/mol. The quantitative estimate of drug-likeness (QED) is 0.793. The Kier molecular flexibility index (Phi) is 3.37. The maximum absolute atomic E-state index is 4.54. The van der Waals surface area contributed by atoms with Gasteiger partial charge in [0.2, 0.25) is 0 Å². The minimum atomic E-state index is 0.00675. The molecule has 0 unspecified atom stereocenters. The van der Waals surface area contributed by atoms with Crippen molar-refractivity contribution >= 4 is 16.9 Å². The van der Waals surface area contributed by atoms with E-state index in [2.05, 4.69) is 52.8 Å². The van der Waals surface area contributed by atoms with E-state index in [1.165, 1.54) is 5.56 Å². The van der Waals surface area contributed by atoms with E-state index in [1.54, 1.807) is 0 Å². The van der Waals surface area contributed by atoms with Gasteiger partial charge in [-0.2, -0.15) is 0 Å². The average molecular weight is 280 g/mol. The highest BCUT2D eigenvalue weighted by Gasteiger charge is 2.17. The molecule has 0 fully saturated rings. The summed E-state index contributed by atoms with van der Waals surface area (Å²) in [4.78, 5) is 8.97. The Morgan fingerprint density at radius 2 is 1.81 bits per heavy atom. The number of pyridine rings is 1. The van der Waals surface area contributed by atoms with Crippen LogP contribution in [0.15, 0.2) is 48.9 Å². The Labute approximate surface area is 124 Å². The lowest BCUT2D eigenvalue weighted by Gasteiger charge is -2.21. The average Bonchev–Trinajstić information content (AvgIpc) is 2.90. The van der Waals surface area contributed by atoms with E-state index in [1.807, 2.05) is 36.8 Å². The van der Waals surface area contributed by atoms with Crippen LogP contribution in [0.25, 0.3) is 11.0 Å². The van der Waals surface area contributed by atoms with Gasteiger partial charge in [-0.15, -0.1) is 0 Å². The maximum Gasteiger partial charge on any atom is 0.154 e. The highest BCUT2D eigenvalue weighted by atomic mass is 15.1. The fourth-order valence-corrected chi connectivity index (χ4v) is 2.39. The Balaban J connectivity index is 1.91. The highest BCUT2D eigenvalue weighted by Crippen LogP contribution is 2.25. The largest absolute Gasteiger partial charge is 0.364 e. The minimum Gasteiger partial charge on any atom is -0.364 e. The molecule has 21 heavy (non-hydrogen) atoms. The van der Waals surface area contributed by atoms with Crippen molar-refractivity contribution in [3.8, 4) is 0 Å². The van der Waals surface area contributed by atoms with Gasteiger partial charge in [-0.1, -0.05) is 30.3 Å². The van der Waals surface area contributed by atoms with E-state index in [0.29, 0.717) is 0 Å². The van der Waals surface area contributed by atoms with Crippen molar-refractivity contribution in [1.82, 2.24) is 14.5 Å². The normalized spacial score (nSPS) is 11.8. The summed E-state index contributed by atoms with van der Waals surface area (Å²) in [6.07, 6.45) is 3.72. The van der Waals surface area contributed by atoms with Crippen LogP contribution in [0.1, 0.15) is 26.3 Å². The molecule has 1 N–H and O–H groups in total. The number of aromatic nitrogens is 3. The Bertz CT molecular complexity index is 738. The van der Waals surface area contributed by atoms with Crippen LogP contribution < -0.4 is 5.32 Å². The Hall–Kier alpha value is -2.36. The van der Waals surface area contributed by atoms with Crippen molar-refractivity contribution < 1.29 is 0 Å². The third kappa shape index (κ3) is 2.75. The predicted octanol–water partition coefficient (Wildman–Crippen LogP) is 3.80. The molecule has 0 spiro atoms. The zero-order valence-corrected chi connectivity index (χ0v) is 12.7. The van der Waals surface area contributed by atoms with Crippen molar-refractivity contribution in [2.24, 2.45) is 0 Å². The van der Waals surface area contributed by atoms with E-state index in [-0.39, 0.29) is 5.54 Å². The highest BCUT2D eigenvalue weighted by molar-refractivity contribution is 5.86. The van der Waals surface area contributed by atoms with Crippen LogP contribution in [0.3, 0.4) is 0 Å². The molecule has 0 aliphatic carbocycles. The van der Waals surface area contributed by atoms with Gasteiger partial charge in [-0.05, 0) is 32.4 Å². The van der Waals surface area contributed by atoms with Gasteiger partial charge in [-0.3, -0.25) is 0 Å². The first-order chi connectivity index (χ1) is 10.1. The molecule has 0 aliphatic heterocycles. The smallest absolute Gasteiger partial charge is 0.154 e. The lowest BCUT2D eigenvalue weighted by Crippen LogP contribution is -2.20. The number of anilines is 1. The third-order valence-electron chi connectivity index (χ3n) is 3.49. The number of nitrogens with one attached hydrogen (secondary N) is 1. The second-order valence-corrected chi connectivity index (χ2v) is 6.15. The number of hydrogen-bond acceptors (Lipinski definition) is 3. The summed E-state index contributed by atoms with van der Waals surface area (Å²) in [7, 11) is 0. The molecule has 0 atom stereocenters. The first-order valence-electron chi connectivity index (χ1n) is 7.16. The van der Waals surface area contributed by atoms with Gasteiger partial charge < -0.3 is 9.88 Å². The van der Waals surface area contributed by atoms with Crippen LogP contribution in [0.4, 0.5) is 5.82 Å². The first-order valence-corrected chi connectivity index (χ1v) is 7.16. The number of nitrogens with zero attached hydrogens (tertiary/aromatic N) is 3. The van der Waals surface area contributed by atoms with Crippen LogP contribution in [0.5, 0.6) is 0 Å². The van der Waals surface area contributed by atoms with Crippen LogP contribution >= 0.6 is 0 Å². The van der Waals surface area contributed by atoms with Gasteiger partial charge in [0.1, 0.15) is 5.52 Å². The molecule has 0 saturated heterocycles. The second-order valence-electron chi connectivity index (χ2n) is 6.15. The molecule has 0 saturated carbocycles. The predicted molar refractivity (Wildman–Crippen MR) is 86.3 cm³/mol. The fourth-order valence-electron chi connectivity index (χ4n) is 2.39. The Morgan fingerprint density at radius 1 is 1.05 bits per heavy atom. The van der Waals surface area contributed by atoms with Gasteiger partial charge in [-0.25, -0.2) is 9.97 Å². The van der Waals surface area contributed by atoms with E-state index >= 15 is 0 Å². The van der Waals surface area contributed by atoms with E-state index < -0.39 is 0 Å². The third-order valence-corrected chi connectivity index (χ3v) is 3.49. The van der Waals surface area contributed by atoms with Crippen LogP contribution in [0.2, 0.25) is 0 Å². The number of hydrogen-bond donors (Lipinski definition) is 1. The zero-order valence-electron chi connectivity index (χ0n) is 12.7. The lowest BCUT2D eigenvalue weighted by molar-refractivity contribution is 0.408. The van der Waals surface area contributed by atoms with Crippen molar-refractivity contribution in [3.05, 3.63) is 54.5 Å². The van der Waals surface area contributed by atoms with Gasteiger partial charge >= 0.3 is 0 Å². The molecule has 4 nitrogen and oxygen atoms in total. The molecule has 4 heteroatoms. The van der Waals surface area contributed by atoms with E-state index in [9.17, 15) is 0 Å². The molecule has 2 heterocycles. The van der Waals surface area contributed by atoms with Gasteiger partial charge in [0.25, 0.3) is 0 Å². The molecule has 0 bridgehead atoms. The first kappa shape index (κ1) is 13.6. The summed E-state index contributed by atoms with van der Waals surface area (Å²) >= 11 is 0. The van der Waals surface area contributed by atoms with Crippen molar-refractivity contribution in [3.63, 3.8) is 0 Å². The van der Waals surface area contributed by atoms with Gasteiger partial charge in [0.15, 0.2) is 5.82 Å². The molecule has 0 amide bonds. The molecular formula is C17H20N4. The van der Waals surface area contributed by atoms with Crippen molar-refractivity contribution in [1.29, 1.82) is 0 Å². The van der Waals surface area contributed by atoms with Gasteiger partial charge in [0.05, 0.1) is 11.8 Å². The minimum absolute atomic E-state index is 0.00675. The second kappa shape index (κ2) is 5.20. The lowest BCUT2D eigenvalue weighted by atomic mass is 10.1. The SMILES string of the molecule is CC(C)(C)n1cnc2c(NCc3ccccc3)nccc21. The molecule has 0 radical (unpaired) electrons. The van der Waals surface area contributed by atoms with Crippen LogP contribution in [-0.2, 0) is 12.1 Å². The standard InChI is InChI=1S/C17H20N4/c1-17(2,3)21-12-20-15-14(21)9-10-18-16(15)19-11-13-7-5-4-6-8-13/h4-10,12H,11H2,1-3H3,(H,18,19).